The van der Waals surface area contributed by atoms with Crippen LogP contribution in [0.25, 0.3) is 11.5 Å². The largest absolute Gasteiger partial charge is 0.496 e. The highest BCUT2D eigenvalue weighted by atomic mass is 19.1. The minimum absolute atomic E-state index is 0.0942. The molecule has 6 nitrogen and oxygen atoms in total. The smallest absolute Gasteiger partial charge is 0.303 e. The van der Waals surface area contributed by atoms with Crippen molar-refractivity contribution in [3.63, 3.8) is 0 Å². The monoisotopic (exact) mass is 266 g/mol. The molecule has 2 rings (SSSR count). The van der Waals surface area contributed by atoms with Crippen molar-refractivity contribution in [2.24, 2.45) is 0 Å². The van der Waals surface area contributed by atoms with E-state index in [-0.39, 0.29) is 24.6 Å². The van der Waals surface area contributed by atoms with Crippen LogP contribution in [0.5, 0.6) is 5.75 Å². The number of nitrogens with zero attached hydrogens (tertiary/aromatic N) is 2. The molecule has 0 radical (unpaired) electrons. The quantitative estimate of drug-likeness (QED) is 0.889. The van der Waals surface area contributed by atoms with Crippen molar-refractivity contribution < 1.29 is 23.4 Å². The predicted octanol–water partition coefficient (Wildman–Crippen LogP) is 1.90. The Morgan fingerprint density at radius 3 is 2.95 bits per heavy atom. The van der Waals surface area contributed by atoms with Gasteiger partial charge < -0.3 is 14.3 Å². The van der Waals surface area contributed by atoms with Gasteiger partial charge >= 0.3 is 5.97 Å². The Balaban J connectivity index is 2.27. The zero-order valence-electron chi connectivity index (χ0n) is 10.1. The number of rotatable bonds is 5. The molecule has 0 saturated carbocycles. The summed E-state index contributed by atoms with van der Waals surface area (Å²) in [5, 5.41) is 16.0. The van der Waals surface area contributed by atoms with E-state index in [2.05, 4.69) is 10.2 Å². The molecule has 0 atom stereocenters. The summed E-state index contributed by atoms with van der Waals surface area (Å²) in [5.74, 6) is -0.737. The summed E-state index contributed by atoms with van der Waals surface area (Å²) in [5.41, 5.74) is 0.330. The standard InChI is InChI=1S/C12H11FN2O4/c1-18-9-3-2-7(13)6-8(9)12-15-14-10(19-12)4-5-11(16)17/h2-3,6H,4-5H2,1H3,(H,16,17). The average molecular weight is 266 g/mol. The summed E-state index contributed by atoms with van der Waals surface area (Å²) in [6.45, 7) is 0. The van der Waals surface area contributed by atoms with E-state index in [9.17, 15) is 9.18 Å². The number of aryl methyl sites for hydroxylation is 1. The van der Waals surface area contributed by atoms with Crippen LogP contribution in [0.3, 0.4) is 0 Å². The second-order valence-electron chi connectivity index (χ2n) is 3.74. The van der Waals surface area contributed by atoms with E-state index in [0.29, 0.717) is 11.3 Å². The highest BCUT2D eigenvalue weighted by molar-refractivity contribution is 5.67. The lowest BCUT2D eigenvalue weighted by Gasteiger charge is -2.04. The van der Waals surface area contributed by atoms with Crippen molar-refractivity contribution in [3.8, 4) is 17.2 Å². The van der Waals surface area contributed by atoms with Crippen LogP contribution in [0, 0.1) is 5.82 Å². The van der Waals surface area contributed by atoms with Gasteiger partial charge in [0, 0.05) is 6.42 Å². The highest BCUT2D eigenvalue weighted by Gasteiger charge is 2.15. The van der Waals surface area contributed by atoms with Crippen molar-refractivity contribution in [3.05, 3.63) is 29.9 Å². The summed E-state index contributed by atoms with van der Waals surface area (Å²) < 4.78 is 23.6. The van der Waals surface area contributed by atoms with E-state index in [1.54, 1.807) is 0 Å². The predicted molar refractivity (Wildman–Crippen MR) is 62.2 cm³/mol. The van der Waals surface area contributed by atoms with Gasteiger partial charge in [0.2, 0.25) is 5.89 Å². The molecule has 0 aliphatic heterocycles. The lowest BCUT2D eigenvalue weighted by molar-refractivity contribution is -0.137. The van der Waals surface area contributed by atoms with Crippen LogP contribution < -0.4 is 4.74 Å². The SMILES string of the molecule is COc1ccc(F)cc1-c1nnc(CCC(=O)O)o1. The summed E-state index contributed by atoms with van der Waals surface area (Å²) in [6.07, 6.45) is 0.0158. The van der Waals surface area contributed by atoms with Crippen LogP contribution in [0.1, 0.15) is 12.3 Å². The number of ether oxygens (including phenoxy) is 1. The number of carboxylic acid groups (broad SMARTS) is 1. The Morgan fingerprint density at radius 2 is 2.26 bits per heavy atom. The molecule has 0 aliphatic carbocycles. The van der Waals surface area contributed by atoms with Crippen molar-refractivity contribution in [1.82, 2.24) is 10.2 Å². The van der Waals surface area contributed by atoms with Gasteiger partial charge in [0.1, 0.15) is 11.6 Å². The molecule has 19 heavy (non-hydrogen) atoms. The first-order chi connectivity index (χ1) is 9.10. The molecule has 1 aromatic carbocycles. The molecule has 0 spiro atoms. The van der Waals surface area contributed by atoms with E-state index in [0.717, 1.165) is 0 Å². The van der Waals surface area contributed by atoms with Gasteiger partial charge in [0.25, 0.3) is 5.89 Å². The number of hydrogen-bond donors (Lipinski definition) is 1. The van der Waals surface area contributed by atoms with Crippen molar-refractivity contribution in [1.29, 1.82) is 0 Å². The van der Waals surface area contributed by atoms with Crippen LogP contribution in [0.15, 0.2) is 22.6 Å². The lowest BCUT2D eigenvalue weighted by atomic mass is 10.2. The van der Waals surface area contributed by atoms with Crippen LogP contribution in [0.2, 0.25) is 0 Å². The van der Waals surface area contributed by atoms with Crippen molar-refractivity contribution in [2.45, 2.75) is 12.8 Å². The summed E-state index contributed by atoms with van der Waals surface area (Å²) in [7, 11) is 1.44. The van der Waals surface area contributed by atoms with Gasteiger partial charge in [-0.1, -0.05) is 0 Å². The first kappa shape index (κ1) is 13.0. The van der Waals surface area contributed by atoms with Gasteiger partial charge in [-0.15, -0.1) is 10.2 Å². The maximum Gasteiger partial charge on any atom is 0.303 e. The van der Waals surface area contributed by atoms with E-state index in [1.807, 2.05) is 0 Å². The number of methoxy groups -OCH3 is 1. The molecule has 7 heteroatoms. The lowest BCUT2D eigenvalue weighted by Crippen LogP contribution is -1.97. The number of carboxylic acids is 1. The first-order valence-electron chi connectivity index (χ1n) is 5.48. The van der Waals surface area contributed by atoms with Gasteiger partial charge in [-0.2, -0.15) is 0 Å². The second-order valence-corrected chi connectivity index (χ2v) is 3.74. The fourth-order valence-electron chi connectivity index (χ4n) is 1.52. The molecular formula is C12H11FN2O4. The normalized spacial score (nSPS) is 10.4. The highest BCUT2D eigenvalue weighted by Crippen LogP contribution is 2.29. The maximum atomic E-state index is 13.2. The molecule has 1 heterocycles. The minimum Gasteiger partial charge on any atom is -0.496 e. The average Bonchev–Trinajstić information content (AvgIpc) is 2.85. The fraction of sp³-hybridized carbons (Fsp3) is 0.250. The molecule has 0 aliphatic rings. The third-order valence-electron chi connectivity index (χ3n) is 2.41. The molecule has 1 aromatic heterocycles. The minimum atomic E-state index is -0.955. The zero-order chi connectivity index (χ0) is 13.8. The van der Waals surface area contributed by atoms with Gasteiger partial charge in [-0.05, 0) is 18.2 Å². The molecule has 1 N–H and O–H groups in total. The maximum absolute atomic E-state index is 13.2. The third-order valence-corrected chi connectivity index (χ3v) is 2.41. The Hall–Kier alpha value is -2.44. The van der Waals surface area contributed by atoms with Gasteiger partial charge in [-0.25, -0.2) is 4.39 Å². The Morgan fingerprint density at radius 1 is 1.47 bits per heavy atom. The molecule has 100 valence electrons. The van der Waals surface area contributed by atoms with E-state index >= 15 is 0 Å². The Bertz CT molecular complexity index is 597. The van der Waals surface area contributed by atoms with Gasteiger partial charge in [0.15, 0.2) is 0 Å². The Labute approximate surface area is 107 Å². The third kappa shape index (κ3) is 3.06. The number of benzene rings is 1. The Kier molecular flexibility index (Phi) is 3.74. The molecule has 2 aromatic rings. The van der Waals surface area contributed by atoms with E-state index in [1.165, 1.54) is 25.3 Å². The van der Waals surface area contributed by atoms with Crippen LogP contribution in [0.4, 0.5) is 4.39 Å². The number of carbonyl (C=O) groups is 1. The molecule has 0 fully saturated rings. The number of hydrogen-bond acceptors (Lipinski definition) is 5. The second kappa shape index (κ2) is 5.47. The molecule has 0 bridgehead atoms. The molecule has 0 saturated heterocycles. The van der Waals surface area contributed by atoms with Crippen molar-refractivity contribution >= 4 is 5.97 Å². The van der Waals surface area contributed by atoms with Crippen LogP contribution in [-0.2, 0) is 11.2 Å². The fourth-order valence-corrected chi connectivity index (χ4v) is 1.52. The summed E-state index contributed by atoms with van der Waals surface area (Å²) in [6, 6.07) is 3.92. The zero-order valence-corrected chi connectivity index (χ0v) is 10.1. The topological polar surface area (TPSA) is 85.5 Å². The summed E-state index contributed by atoms with van der Waals surface area (Å²) >= 11 is 0. The first-order valence-corrected chi connectivity index (χ1v) is 5.48. The van der Waals surface area contributed by atoms with Gasteiger partial charge in [0.05, 0.1) is 19.1 Å². The molecular weight excluding hydrogens is 255 g/mol. The number of halogens is 1. The van der Waals surface area contributed by atoms with Crippen LogP contribution >= 0.6 is 0 Å². The van der Waals surface area contributed by atoms with Crippen molar-refractivity contribution in [2.75, 3.05) is 7.11 Å². The molecule has 0 amide bonds. The molecule has 0 unspecified atom stereocenters. The van der Waals surface area contributed by atoms with E-state index < -0.39 is 11.8 Å². The van der Waals surface area contributed by atoms with E-state index in [4.69, 9.17) is 14.3 Å². The number of aromatic nitrogens is 2. The van der Waals surface area contributed by atoms with Crippen LogP contribution in [-0.4, -0.2) is 28.4 Å². The van der Waals surface area contributed by atoms with Gasteiger partial charge in [-0.3, -0.25) is 4.79 Å². The summed E-state index contributed by atoms with van der Waals surface area (Å²) in [4.78, 5) is 10.4. The number of aliphatic carboxylic acids is 1.